The average Bonchev–Trinajstić information content (AvgIpc) is 3.09. The zero-order valence-electron chi connectivity index (χ0n) is 18.4. The Morgan fingerprint density at radius 3 is 2.11 bits per heavy atom. The van der Waals surface area contributed by atoms with Crippen LogP contribution in [0.4, 0.5) is 11.4 Å². The maximum Gasteiger partial charge on any atom is 0.294 e. The van der Waals surface area contributed by atoms with Gasteiger partial charge in [0, 0.05) is 11.1 Å². The van der Waals surface area contributed by atoms with E-state index in [9.17, 15) is 24.5 Å². The summed E-state index contributed by atoms with van der Waals surface area (Å²) in [7, 11) is 0. The predicted octanol–water partition coefficient (Wildman–Crippen LogP) is 4.40. The van der Waals surface area contributed by atoms with E-state index in [1.165, 1.54) is 29.2 Å². The number of hydrogen-bond donors (Lipinski definition) is 0. The molecule has 1 saturated heterocycles. The van der Waals surface area contributed by atoms with Crippen molar-refractivity contribution in [2.75, 3.05) is 11.5 Å². The van der Waals surface area contributed by atoms with Crippen LogP contribution in [0, 0.1) is 10.1 Å². The summed E-state index contributed by atoms with van der Waals surface area (Å²) in [5.74, 6) is -1.16. The first-order valence-electron chi connectivity index (χ1n) is 10.8. The van der Waals surface area contributed by atoms with E-state index in [2.05, 4.69) is 0 Å². The van der Waals surface area contributed by atoms with E-state index in [-0.39, 0.29) is 27.5 Å². The largest absolute Gasteiger partial charge is 0.494 e. The molecule has 2 heterocycles. The molecule has 5 rings (SSSR count). The molecule has 0 saturated carbocycles. The molecule has 3 amide bonds. The number of nitrogens with zero attached hydrogens (tertiary/aromatic N) is 3. The third kappa shape index (κ3) is 3.52. The van der Waals surface area contributed by atoms with E-state index in [1.807, 2.05) is 6.92 Å². The van der Waals surface area contributed by atoms with Crippen LogP contribution in [-0.2, 0) is 4.79 Å². The van der Waals surface area contributed by atoms with Gasteiger partial charge in [-0.25, -0.2) is 0 Å². The average molecular weight is 492 g/mol. The first-order valence-corrected chi connectivity index (χ1v) is 11.2. The Kier molecular flexibility index (Phi) is 5.49. The van der Waals surface area contributed by atoms with Crippen LogP contribution in [0.25, 0.3) is 0 Å². The highest BCUT2D eigenvalue weighted by atomic mass is 35.5. The van der Waals surface area contributed by atoms with Gasteiger partial charge in [-0.2, -0.15) is 0 Å². The highest BCUT2D eigenvalue weighted by Crippen LogP contribution is 2.47. The van der Waals surface area contributed by atoms with Crippen LogP contribution < -0.4 is 9.64 Å². The molecule has 0 bridgehead atoms. The van der Waals surface area contributed by atoms with Crippen molar-refractivity contribution in [3.05, 3.63) is 98.6 Å². The van der Waals surface area contributed by atoms with E-state index < -0.39 is 34.7 Å². The Morgan fingerprint density at radius 2 is 1.54 bits per heavy atom. The molecular weight excluding hydrogens is 474 g/mol. The molecule has 176 valence electrons. The summed E-state index contributed by atoms with van der Waals surface area (Å²) in [4.78, 5) is 53.1. The molecule has 9 nitrogen and oxygen atoms in total. The number of nitro benzene ring substituents is 1. The normalized spacial score (nSPS) is 19.0. The number of β-lactam (4-membered cyclic amide) rings is 1. The van der Waals surface area contributed by atoms with Gasteiger partial charge in [-0.3, -0.25) is 34.3 Å². The third-order valence-corrected chi connectivity index (χ3v) is 6.33. The minimum Gasteiger partial charge on any atom is -0.494 e. The van der Waals surface area contributed by atoms with Crippen molar-refractivity contribution >= 4 is 40.7 Å². The van der Waals surface area contributed by atoms with E-state index in [0.29, 0.717) is 17.9 Å². The van der Waals surface area contributed by atoms with E-state index >= 15 is 0 Å². The van der Waals surface area contributed by atoms with Gasteiger partial charge >= 0.3 is 0 Å². The molecular formula is C25H18ClN3O6. The van der Waals surface area contributed by atoms with Crippen molar-refractivity contribution in [1.82, 2.24) is 4.90 Å². The van der Waals surface area contributed by atoms with Crippen LogP contribution in [-0.4, -0.2) is 40.2 Å². The van der Waals surface area contributed by atoms with Gasteiger partial charge in [-0.15, -0.1) is 0 Å². The monoisotopic (exact) mass is 491 g/mol. The number of carbonyl (C=O) groups is 3. The van der Waals surface area contributed by atoms with Crippen LogP contribution in [0.2, 0.25) is 5.02 Å². The van der Waals surface area contributed by atoms with Gasteiger partial charge in [0.2, 0.25) is 0 Å². The molecule has 3 aromatic rings. The summed E-state index contributed by atoms with van der Waals surface area (Å²) < 4.78 is 5.49. The fourth-order valence-electron chi connectivity index (χ4n) is 4.56. The van der Waals surface area contributed by atoms with E-state index in [0.717, 1.165) is 11.0 Å². The Labute approximate surface area is 204 Å². The molecule has 0 aliphatic carbocycles. The number of fused-ring (bicyclic) bond motifs is 1. The topological polar surface area (TPSA) is 110 Å². The van der Waals surface area contributed by atoms with E-state index in [4.69, 9.17) is 16.3 Å². The molecule has 0 unspecified atom stereocenters. The fraction of sp³-hybridized carbons (Fsp3) is 0.160. The summed E-state index contributed by atoms with van der Waals surface area (Å²) in [6.45, 7) is 2.31. The zero-order valence-corrected chi connectivity index (χ0v) is 19.1. The third-order valence-electron chi connectivity index (χ3n) is 6.10. The van der Waals surface area contributed by atoms with Crippen molar-refractivity contribution < 1.29 is 24.0 Å². The van der Waals surface area contributed by atoms with Crippen LogP contribution in [0.1, 0.15) is 39.2 Å². The molecule has 10 heteroatoms. The van der Waals surface area contributed by atoms with Crippen molar-refractivity contribution in [2.45, 2.75) is 19.0 Å². The standard InChI is InChI=1S/C25H18ClN3O6/c1-2-35-16-10-7-14(8-11-16)21-22(28-23(30)17-5-3-4-6-18(17)24(28)31)25(32)27(21)19-12-9-15(26)13-20(19)29(33)34/h3-13,21-22H,2H2,1H3/t21-,22+/m0/s1. The molecule has 2 atom stereocenters. The number of amides is 3. The molecule has 0 spiro atoms. The number of benzene rings is 3. The van der Waals surface area contributed by atoms with Gasteiger partial charge in [0.15, 0.2) is 0 Å². The number of carbonyl (C=O) groups excluding carboxylic acids is 3. The number of nitro groups is 1. The van der Waals surface area contributed by atoms with Gasteiger partial charge in [0.1, 0.15) is 17.5 Å². The SMILES string of the molecule is CCOc1ccc([C@H]2[C@@H](N3C(=O)c4ccccc4C3=O)C(=O)N2c2ccc(Cl)cc2[N+](=O)[O-])cc1. The lowest BCUT2D eigenvalue weighted by Gasteiger charge is -2.49. The van der Waals surface area contributed by atoms with Crippen LogP contribution in [0.15, 0.2) is 66.7 Å². The number of hydrogen-bond acceptors (Lipinski definition) is 6. The maximum atomic E-state index is 13.5. The molecule has 0 radical (unpaired) electrons. The lowest BCUT2D eigenvalue weighted by atomic mass is 9.86. The van der Waals surface area contributed by atoms with Gasteiger partial charge in [0.25, 0.3) is 23.4 Å². The van der Waals surface area contributed by atoms with Crippen molar-refractivity contribution in [3.63, 3.8) is 0 Å². The lowest BCUT2D eigenvalue weighted by molar-refractivity contribution is -0.384. The van der Waals surface area contributed by atoms with E-state index in [1.54, 1.807) is 36.4 Å². The summed E-state index contributed by atoms with van der Waals surface area (Å²) in [5.41, 5.74) is 0.677. The second-order valence-electron chi connectivity index (χ2n) is 8.02. The second kappa shape index (κ2) is 8.52. The number of rotatable bonds is 6. The Hall–Kier alpha value is -4.24. The Bertz CT molecular complexity index is 1360. The molecule has 2 aliphatic rings. The molecule has 2 aliphatic heterocycles. The van der Waals surface area contributed by atoms with Crippen molar-refractivity contribution in [3.8, 4) is 5.75 Å². The van der Waals surface area contributed by atoms with Crippen LogP contribution >= 0.6 is 11.6 Å². The first-order chi connectivity index (χ1) is 16.8. The quantitative estimate of drug-likeness (QED) is 0.219. The van der Waals surface area contributed by atoms with Gasteiger partial charge in [-0.05, 0) is 48.9 Å². The Morgan fingerprint density at radius 1 is 0.914 bits per heavy atom. The molecule has 1 fully saturated rings. The van der Waals surface area contributed by atoms with Crippen LogP contribution in [0.5, 0.6) is 5.75 Å². The summed E-state index contributed by atoms with van der Waals surface area (Å²) >= 11 is 5.97. The van der Waals surface area contributed by atoms with Crippen molar-refractivity contribution in [2.24, 2.45) is 0 Å². The lowest BCUT2D eigenvalue weighted by Crippen LogP contribution is -2.67. The summed E-state index contributed by atoms with van der Waals surface area (Å²) in [6.07, 6.45) is 0. The number of imide groups is 1. The van der Waals surface area contributed by atoms with Gasteiger partial charge in [-0.1, -0.05) is 35.9 Å². The second-order valence-corrected chi connectivity index (χ2v) is 8.45. The van der Waals surface area contributed by atoms with Gasteiger partial charge < -0.3 is 4.74 Å². The van der Waals surface area contributed by atoms with Gasteiger partial charge in [0.05, 0.1) is 28.7 Å². The smallest absolute Gasteiger partial charge is 0.294 e. The first kappa shape index (κ1) is 22.5. The predicted molar refractivity (Wildman–Crippen MR) is 127 cm³/mol. The molecule has 3 aromatic carbocycles. The Balaban J connectivity index is 1.61. The minimum absolute atomic E-state index is 0.0242. The maximum absolute atomic E-state index is 13.5. The zero-order chi connectivity index (χ0) is 24.9. The molecule has 0 aromatic heterocycles. The number of anilines is 1. The van der Waals surface area contributed by atoms with Crippen LogP contribution in [0.3, 0.4) is 0 Å². The highest BCUT2D eigenvalue weighted by Gasteiger charge is 2.58. The minimum atomic E-state index is -1.17. The fourth-order valence-corrected chi connectivity index (χ4v) is 4.73. The number of ether oxygens (including phenoxy) is 1. The highest BCUT2D eigenvalue weighted by molar-refractivity contribution is 6.31. The summed E-state index contributed by atoms with van der Waals surface area (Å²) in [5, 5.41) is 11.9. The van der Waals surface area contributed by atoms with Crippen molar-refractivity contribution in [1.29, 1.82) is 0 Å². The molecule has 0 N–H and O–H groups in total. The number of halogens is 1. The summed E-state index contributed by atoms with van der Waals surface area (Å²) in [6, 6.07) is 15.2. The molecule has 35 heavy (non-hydrogen) atoms.